The lowest BCUT2D eigenvalue weighted by atomic mass is 10.1. The van der Waals surface area contributed by atoms with Crippen LogP contribution in [0.3, 0.4) is 0 Å². The Morgan fingerprint density at radius 3 is 2.54 bits per heavy atom. The van der Waals surface area contributed by atoms with Crippen molar-refractivity contribution in [3.8, 4) is 0 Å². The fourth-order valence-electron chi connectivity index (χ4n) is 2.18. The van der Waals surface area contributed by atoms with Crippen LogP contribution < -0.4 is 5.32 Å². The Morgan fingerprint density at radius 2 is 1.92 bits per heavy atom. The van der Waals surface area contributed by atoms with Crippen LogP contribution in [0.4, 0.5) is 24.5 Å². The molecule has 2 aromatic carbocycles. The molecule has 2 rings (SSSR count). The minimum Gasteiger partial charge on any atom is -0.320 e. The van der Waals surface area contributed by atoms with E-state index < -0.39 is 28.3 Å². The second kappa shape index (κ2) is 8.22. The van der Waals surface area contributed by atoms with Gasteiger partial charge in [0.15, 0.2) is 0 Å². The average molecular weight is 384 g/mol. The van der Waals surface area contributed by atoms with Gasteiger partial charge in [0.1, 0.15) is 5.69 Å². The highest BCUT2D eigenvalue weighted by molar-refractivity contribution is 7.99. The van der Waals surface area contributed by atoms with Crippen LogP contribution in [-0.2, 0) is 16.7 Å². The van der Waals surface area contributed by atoms with Gasteiger partial charge in [0, 0.05) is 11.8 Å². The second-order valence-corrected chi connectivity index (χ2v) is 6.44. The average Bonchev–Trinajstić information content (AvgIpc) is 2.55. The van der Waals surface area contributed by atoms with Crippen LogP contribution in [0.15, 0.2) is 42.5 Å². The molecule has 0 saturated carbocycles. The Hall–Kier alpha value is -2.55. The quantitative estimate of drug-likeness (QED) is 0.574. The number of rotatable bonds is 6. The number of amides is 1. The minimum absolute atomic E-state index is 0.0203. The number of aryl methyl sites for hydroxylation is 1. The molecule has 0 spiro atoms. The van der Waals surface area contributed by atoms with Gasteiger partial charge >= 0.3 is 6.18 Å². The van der Waals surface area contributed by atoms with Gasteiger partial charge in [-0.25, -0.2) is 0 Å². The molecule has 0 bridgehead atoms. The molecule has 1 amide bonds. The van der Waals surface area contributed by atoms with E-state index in [-0.39, 0.29) is 11.4 Å². The van der Waals surface area contributed by atoms with Crippen molar-refractivity contribution >= 4 is 29.0 Å². The van der Waals surface area contributed by atoms with Crippen LogP contribution in [0.25, 0.3) is 0 Å². The summed E-state index contributed by atoms with van der Waals surface area (Å²) >= 11 is 1.31. The van der Waals surface area contributed by atoms with E-state index in [4.69, 9.17) is 0 Å². The van der Waals surface area contributed by atoms with E-state index in [9.17, 15) is 28.1 Å². The van der Waals surface area contributed by atoms with Gasteiger partial charge in [-0.1, -0.05) is 24.3 Å². The Morgan fingerprint density at radius 1 is 1.23 bits per heavy atom. The summed E-state index contributed by atoms with van der Waals surface area (Å²) in [5.74, 6) is 0.0771. The predicted molar refractivity (Wildman–Crippen MR) is 94.1 cm³/mol. The van der Waals surface area contributed by atoms with Gasteiger partial charge in [0.2, 0.25) is 5.91 Å². The third-order valence-corrected chi connectivity index (χ3v) is 4.53. The van der Waals surface area contributed by atoms with Crippen LogP contribution in [0, 0.1) is 17.0 Å². The van der Waals surface area contributed by atoms with Crippen molar-refractivity contribution in [2.45, 2.75) is 18.9 Å². The number of nitro benzene ring substituents is 1. The monoisotopic (exact) mass is 384 g/mol. The van der Waals surface area contributed by atoms with E-state index in [1.165, 1.54) is 11.8 Å². The molecule has 0 aromatic heterocycles. The molecule has 0 aliphatic rings. The van der Waals surface area contributed by atoms with Gasteiger partial charge in [0.05, 0.1) is 16.2 Å². The number of carbonyl (C=O) groups excluding carboxylic acids is 1. The number of hydrogen-bond donors (Lipinski definition) is 1. The molecule has 0 heterocycles. The lowest BCUT2D eigenvalue weighted by Crippen LogP contribution is -2.16. The molecule has 0 fully saturated rings. The highest BCUT2D eigenvalue weighted by atomic mass is 32.2. The van der Waals surface area contributed by atoms with E-state index in [2.05, 4.69) is 5.32 Å². The largest absolute Gasteiger partial charge is 0.416 e. The molecule has 1 N–H and O–H groups in total. The molecule has 0 aliphatic carbocycles. The number of nitro groups is 1. The lowest BCUT2D eigenvalue weighted by molar-refractivity contribution is -0.384. The van der Waals surface area contributed by atoms with Crippen molar-refractivity contribution in [3.05, 3.63) is 69.3 Å². The number of nitrogens with zero attached hydrogens (tertiary/aromatic N) is 1. The topological polar surface area (TPSA) is 72.2 Å². The van der Waals surface area contributed by atoms with Gasteiger partial charge in [-0.2, -0.15) is 13.2 Å². The number of alkyl halides is 3. The van der Waals surface area contributed by atoms with E-state index in [1.807, 2.05) is 31.2 Å². The maximum atomic E-state index is 12.7. The zero-order valence-corrected chi connectivity index (χ0v) is 14.5. The zero-order valence-electron chi connectivity index (χ0n) is 13.7. The third-order valence-electron chi connectivity index (χ3n) is 3.55. The zero-order chi connectivity index (χ0) is 19.3. The first-order valence-electron chi connectivity index (χ1n) is 7.46. The normalized spacial score (nSPS) is 11.2. The van der Waals surface area contributed by atoms with Crippen molar-refractivity contribution in [1.29, 1.82) is 0 Å². The number of anilines is 1. The van der Waals surface area contributed by atoms with Gasteiger partial charge in [-0.3, -0.25) is 14.9 Å². The van der Waals surface area contributed by atoms with E-state index in [0.29, 0.717) is 17.9 Å². The summed E-state index contributed by atoms with van der Waals surface area (Å²) in [6.07, 6.45) is -4.70. The lowest BCUT2D eigenvalue weighted by Gasteiger charge is -2.10. The highest BCUT2D eigenvalue weighted by Gasteiger charge is 2.33. The van der Waals surface area contributed by atoms with Crippen molar-refractivity contribution < 1.29 is 22.9 Å². The van der Waals surface area contributed by atoms with Crippen LogP contribution in [0.1, 0.15) is 16.7 Å². The molecule has 26 heavy (non-hydrogen) atoms. The fourth-order valence-corrected chi connectivity index (χ4v) is 3.08. The number of nitrogens with one attached hydrogen (secondary N) is 1. The summed E-state index contributed by atoms with van der Waals surface area (Å²) in [6.45, 7) is 1.95. The summed E-state index contributed by atoms with van der Waals surface area (Å²) in [5, 5.41) is 13.3. The van der Waals surface area contributed by atoms with Crippen LogP contribution >= 0.6 is 11.8 Å². The first-order valence-corrected chi connectivity index (χ1v) is 8.61. The first-order chi connectivity index (χ1) is 12.2. The molecule has 0 radical (unpaired) electrons. The fraction of sp³-hybridized carbons (Fsp3) is 0.235. The van der Waals surface area contributed by atoms with Crippen LogP contribution in [0.2, 0.25) is 0 Å². The minimum atomic E-state index is -4.70. The molecule has 5 nitrogen and oxygen atoms in total. The maximum absolute atomic E-state index is 12.7. The number of hydrogen-bond acceptors (Lipinski definition) is 4. The number of benzene rings is 2. The van der Waals surface area contributed by atoms with E-state index >= 15 is 0 Å². The molecular weight excluding hydrogens is 369 g/mol. The maximum Gasteiger partial charge on any atom is 0.416 e. The van der Waals surface area contributed by atoms with Gasteiger partial charge < -0.3 is 5.32 Å². The first kappa shape index (κ1) is 19.8. The van der Waals surface area contributed by atoms with Crippen molar-refractivity contribution in [3.63, 3.8) is 0 Å². The molecule has 138 valence electrons. The summed E-state index contributed by atoms with van der Waals surface area (Å²) in [4.78, 5) is 22.0. The number of thioether (sulfide) groups is 1. The summed E-state index contributed by atoms with van der Waals surface area (Å²) < 4.78 is 38.0. The Bertz CT molecular complexity index is 825. The summed E-state index contributed by atoms with van der Waals surface area (Å²) in [7, 11) is 0. The summed E-state index contributed by atoms with van der Waals surface area (Å²) in [6, 6.07) is 9.67. The second-order valence-electron chi connectivity index (χ2n) is 5.45. The Balaban J connectivity index is 2.02. The Kier molecular flexibility index (Phi) is 6.25. The summed E-state index contributed by atoms with van der Waals surface area (Å²) in [5.41, 5.74) is -0.0534. The van der Waals surface area contributed by atoms with Crippen LogP contribution in [0.5, 0.6) is 0 Å². The van der Waals surface area contributed by atoms with E-state index in [1.54, 1.807) is 0 Å². The molecular formula is C17H15F3N2O3S. The van der Waals surface area contributed by atoms with Crippen molar-refractivity contribution in [2.24, 2.45) is 0 Å². The number of carbonyl (C=O) groups is 1. The molecule has 0 unspecified atom stereocenters. The molecule has 0 saturated heterocycles. The van der Waals surface area contributed by atoms with Crippen molar-refractivity contribution in [1.82, 2.24) is 0 Å². The molecule has 0 atom stereocenters. The van der Waals surface area contributed by atoms with Crippen LogP contribution in [-0.4, -0.2) is 16.6 Å². The SMILES string of the molecule is Cc1ccccc1CSCC(=O)Nc1ccc(C(F)(F)F)cc1[N+](=O)[O-]. The van der Waals surface area contributed by atoms with E-state index in [0.717, 1.165) is 17.2 Å². The Labute approximate surface area is 151 Å². The molecule has 9 heteroatoms. The molecule has 2 aromatic rings. The molecule has 0 aliphatic heterocycles. The number of halogens is 3. The standard InChI is InChI=1S/C17H15F3N2O3S/c1-11-4-2-3-5-12(11)9-26-10-16(23)21-14-7-6-13(17(18,19)20)8-15(14)22(24)25/h2-8H,9-10H2,1H3,(H,21,23). The predicted octanol–water partition coefficient (Wildman–Crippen LogP) is 4.79. The van der Waals surface area contributed by atoms with Crippen molar-refractivity contribution in [2.75, 3.05) is 11.1 Å². The highest BCUT2D eigenvalue weighted by Crippen LogP contribution is 2.35. The van der Waals surface area contributed by atoms with Gasteiger partial charge in [0.25, 0.3) is 5.69 Å². The smallest absolute Gasteiger partial charge is 0.320 e. The third kappa shape index (κ3) is 5.22. The van der Waals surface area contributed by atoms with Gasteiger partial charge in [-0.15, -0.1) is 11.8 Å². The van der Waals surface area contributed by atoms with Gasteiger partial charge in [-0.05, 0) is 30.2 Å².